The Morgan fingerprint density at radius 3 is 2.44 bits per heavy atom. The monoisotopic (exact) mass is 506 g/mol. The predicted octanol–water partition coefficient (Wildman–Crippen LogP) is 6.06. The molecule has 1 aliphatic rings. The van der Waals surface area contributed by atoms with Gasteiger partial charge in [0.1, 0.15) is 5.82 Å². The van der Waals surface area contributed by atoms with Crippen LogP contribution >= 0.6 is 0 Å². The molecule has 4 aromatic rings. The van der Waals surface area contributed by atoms with Gasteiger partial charge in [0.2, 0.25) is 0 Å². The number of sulfonamides is 1. The normalized spacial score (nSPS) is 15.0. The van der Waals surface area contributed by atoms with Crippen LogP contribution in [0, 0.1) is 12.7 Å². The molecule has 0 aliphatic carbocycles. The molecule has 0 N–H and O–H groups in total. The van der Waals surface area contributed by atoms with E-state index >= 15 is 0 Å². The van der Waals surface area contributed by atoms with Gasteiger partial charge in [-0.05, 0) is 61.9 Å². The lowest BCUT2D eigenvalue weighted by Crippen LogP contribution is -2.40. The van der Waals surface area contributed by atoms with Gasteiger partial charge in [-0.3, -0.25) is 9.10 Å². The number of esters is 1. The summed E-state index contributed by atoms with van der Waals surface area (Å²) in [4.78, 5) is 13.0. The number of anilines is 1. The minimum absolute atomic E-state index is 0.128. The van der Waals surface area contributed by atoms with E-state index in [2.05, 4.69) is 0 Å². The second-order valence-electron chi connectivity index (χ2n) is 9.00. The summed E-state index contributed by atoms with van der Waals surface area (Å²) in [7, 11) is -4.06. The quantitative estimate of drug-likeness (QED) is 0.226. The van der Waals surface area contributed by atoms with E-state index in [0.29, 0.717) is 22.6 Å². The Kier molecular flexibility index (Phi) is 6.30. The molecule has 1 aliphatic heterocycles. The number of rotatable bonds is 7. The van der Waals surface area contributed by atoms with E-state index < -0.39 is 27.9 Å². The zero-order valence-corrected chi connectivity index (χ0v) is 21.0. The topological polar surface area (TPSA) is 68.6 Å². The summed E-state index contributed by atoms with van der Waals surface area (Å²) in [5.41, 5.74) is 3.14. The van der Waals surface area contributed by atoms with Crippen LogP contribution in [-0.4, -0.2) is 25.6 Å². The van der Waals surface area contributed by atoms with Crippen molar-refractivity contribution in [1.82, 2.24) is 4.57 Å². The number of fused-ring (bicyclic) bond motifs is 5. The van der Waals surface area contributed by atoms with Crippen molar-refractivity contribution < 1.29 is 22.3 Å². The van der Waals surface area contributed by atoms with Crippen molar-refractivity contribution in [3.05, 3.63) is 89.9 Å². The van der Waals surface area contributed by atoms with Crippen molar-refractivity contribution in [3.8, 4) is 5.69 Å². The zero-order chi connectivity index (χ0) is 25.4. The molecule has 3 aromatic carbocycles. The third-order valence-corrected chi connectivity index (χ3v) is 8.32. The molecule has 6 nitrogen and oxygen atoms in total. The van der Waals surface area contributed by atoms with Gasteiger partial charge >= 0.3 is 5.97 Å². The molecule has 0 bridgehead atoms. The van der Waals surface area contributed by atoms with Crippen molar-refractivity contribution in [3.63, 3.8) is 0 Å². The first kappa shape index (κ1) is 24.1. The number of carbonyl (C=O) groups is 1. The van der Waals surface area contributed by atoms with Crippen LogP contribution in [0.4, 0.5) is 10.1 Å². The van der Waals surface area contributed by atoms with Crippen LogP contribution in [0.25, 0.3) is 16.6 Å². The molecule has 1 atom stereocenters. The lowest BCUT2D eigenvalue weighted by atomic mass is 10.1. The standard InChI is InChI=1S/C28H27FN2O4S/c1-3-4-15-35-28(32)18-27-26-16-20-11-12-21(29)17-25(20)30(26)23-7-5-6-8-24(23)31(27)36(33,34)22-13-9-19(2)10-14-22/h5-14,16-17,27H,3-4,15,18H2,1-2H3. The number of ether oxygens (including phenoxy) is 1. The molecule has 1 aromatic heterocycles. The number of hydrogen-bond donors (Lipinski definition) is 0. The maximum Gasteiger partial charge on any atom is 0.308 e. The molecule has 0 fully saturated rings. The number of nitrogens with zero attached hydrogens (tertiary/aromatic N) is 2. The van der Waals surface area contributed by atoms with E-state index in [1.54, 1.807) is 48.5 Å². The molecule has 8 heteroatoms. The highest BCUT2D eigenvalue weighted by molar-refractivity contribution is 7.92. The number of hydrogen-bond acceptors (Lipinski definition) is 4. The first-order chi connectivity index (χ1) is 17.3. The van der Waals surface area contributed by atoms with Crippen LogP contribution in [0.15, 0.2) is 77.7 Å². The summed E-state index contributed by atoms with van der Waals surface area (Å²) < 4.78 is 51.1. The van der Waals surface area contributed by atoms with Crippen molar-refractivity contribution in [2.75, 3.05) is 10.9 Å². The number of para-hydroxylation sites is 2. The van der Waals surface area contributed by atoms with Crippen LogP contribution in [0.2, 0.25) is 0 Å². The van der Waals surface area contributed by atoms with Gasteiger partial charge in [0.25, 0.3) is 10.0 Å². The molecular formula is C28H27FN2O4S. The van der Waals surface area contributed by atoms with Gasteiger partial charge in [-0.2, -0.15) is 0 Å². The molecule has 0 saturated carbocycles. The fourth-order valence-electron chi connectivity index (χ4n) is 4.69. The van der Waals surface area contributed by atoms with Gasteiger partial charge in [-0.25, -0.2) is 12.8 Å². The van der Waals surface area contributed by atoms with Crippen LogP contribution in [-0.2, 0) is 19.6 Å². The smallest absolute Gasteiger partial charge is 0.308 e. The number of aryl methyl sites for hydroxylation is 1. The Morgan fingerprint density at radius 1 is 1.00 bits per heavy atom. The van der Waals surface area contributed by atoms with Crippen molar-refractivity contribution >= 4 is 32.6 Å². The third kappa shape index (κ3) is 4.15. The van der Waals surface area contributed by atoms with Gasteiger partial charge < -0.3 is 9.30 Å². The van der Waals surface area contributed by atoms with Crippen LogP contribution in [0.5, 0.6) is 0 Å². The van der Waals surface area contributed by atoms with Crippen molar-refractivity contribution in [2.24, 2.45) is 0 Å². The maximum absolute atomic E-state index is 14.3. The summed E-state index contributed by atoms with van der Waals surface area (Å²) in [5, 5.41) is 0.750. The van der Waals surface area contributed by atoms with Gasteiger partial charge in [0, 0.05) is 11.1 Å². The lowest BCUT2D eigenvalue weighted by molar-refractivity contribution is -0.144. The highest BCUT2D eigenvalue weighted by atomic mass is 32.2. The number of unbranched alkanes of at least 4 members (excludes halogenated alkanes) is 1. The summed E-state index contributed by atoms with van der Waals surface area (Å²) >= 11 is 0. The largest absolute Gasteiger partial charge is 0.466 e. The van der Waals surface area contributed by atoms with Crippen LogP contribution in [0.3, 0.4) is 0 Å². The molecule has 186 valence electrons. The first-order valence-electron chi connectivity index (χ1n) is 12.0. The average Bonchev–Trinajstić information content (AvgIpc) is 3.23. The van der Waals surface area contributed by atoms with Crippen LogP contribution < -0.4 is 4.31 Å². The van der Waals surface area contributed by atoms with E-state index in [4.69, 9.17) is 4.74 Å². The van der Waals surface area contributed by atoms with E-state index in [0.717, 1.165) is 23.8 Å². The average molecular weight is 507 g/mol. The molecule has 2 heterocycles. The summed E-state index contributed by atoms with van der Waals surface area (Å²) in [5.74, 6) is -0.883. The lowest BCUT2D eigenvalue weighted by Gasteiger charge is -2.38. The summed E-state index contributed by atoms with van der Waals surface area (Å²) in [6.07, 6.45) is 1.42. The number of benzene rings is 3. The van der Waals surface area contributed by atoms with Crippen molar-refractivity contribution in [2.45, 2.75) is 44.0 Å². The Labute approximate surface area is 210 Å². The van der Waals surface area contributed by atoms with E-state index in [1.807, 2.05) is 30.5 Å². The second-order valence-corrected chi connectivity index (χ2v) is 10.8. The van der Waals surface area contributed by atoms with Crippen LogP contribution in [0.1, 0.15) is 43.5 Å². The molecule has 5 rings (SSSR count). The van der Waals surface area contributed by atoms with E-state index in [1.165, 1.54) is 16.4 Å². The highest BCUT2D eigenvalue weighted by Crippen LogP contribution is 2.46. The minimum atomic E-state index is -4.06. The Balaban J connectivity index is 1.72. The minimum Gasteiger partial charge on any atom is -0.466 e. The summed E-state index contributed by atoms with van der Waals surface area (Å²) in [6, 6.07) is 19.1. The van der Waals surface area contributed by atoms with Gasteiger partial charge in [-0.15, -0.1) is 0 Å². The molecular weight excluding hydrogens is 479 g/mol. The predicted molar refractivity (Wildman–Crippen MR) is 137 cm³/mol. The number of carbonyl (C=O) groups excluding carboxylic acids is 1. The molecule has 0 saturated heterocycles. The Morgan fingerprint density at radius 2 is 1.72 bits per heavy atom. The van der Waals surface area contributed by atoms with E-state index in [9.17, 15) is 17.6 Å². The second kappa shape index (κ2) is 9.43. The van der Waals surface area contributed by atoms with Crippen molar-refractivity contribution in [1.29, 1.82) is 0 Å². The fraction of sp³-hybridized carbons (Fsp3) is 0.250. The number of halogens is 1. The molecule has 0 amide bonds. The SMILES string of the molecule is CCCCOC(=O)CC1c2cc3ccc(F)cc3n2-c2ccccc2N1S(=O)(=O)c1ccc(C)cc1. The molecule has 36 heavy (non-hydrogen) atoms. The first-order valence-corrected chi connectivity index (χ1v) is 13.4. The number of aromatic nitrogens is 1. The molecule has 0 spiro atoms. The Bertz CT molecular complexity index is 1540. The Hall–Kier alpha value is -3.65. The van der Waals surface area contributed by atoms with Gasteiger partial charge in [0.05, 0.1) is 40.9 Å². The third-order valence-electron chi connectivity index (χ3n) is 6.48. The van der Waals surface area contributed by atoms with Gasteiger partial charge in [-0.1, -0.05) is 43.2 Å². The molecule has 1 unspecified atom stereocenters. The molecule has 0 radical (unpaired) electrons. The zero-order valence-electron chi connectivity index (χ0n) is 20.1. The maximum atomic E-state index is 14.3. The van der Waals surface area contributed by atoms with Gasteiger partial charge in [0.15, 0.2) is 0 Å². The van der Waals surface area contributed by atoms with E-state index in [-0.39, 0.29) is 17.9 Å². The highest BCUT2D eigenvalue weighted by Gasteiger charge is 2.41. The summed E-state index contributed by atoms with van der Waals surface area (Å²) in [6.45, 7) is 4.16. The fourth-order valence-corrected chi connectivity index (χ4v) is 6.33.